The normalized spacial score (nSPS) is 13.3. The number of nitrogens with zero attached hydrogens (tertiary/aromatic N) is 6. The van der Waals surface area contributed by atoms with Crippen LogP contribution in [0, 0.1) is 5.41 Å². The molecule has 0 saturated carbocycles. The molecule has 12 nitrogen and oxygen atoms in total. The molecule has 0 saturated heterocycles. The molecule has 0 radical (unpaired) electrons. The number of aromatic nitrogens is 4. The molecule has 0 fully saturated rings. The van der Waals surface area contributed by atoms with Crippen LogP contribution in [0.25, 0.3) is 11.4 Å². The van der Waals surface area contributed by atoms with Gasteiger partial charge in [-0.3, -0.25) is 10.1 Å². The predicted octanol–water partition coefficient (Wildman–Crippen LogP) is 3.50. The van der Waals surface area contributed by atoms with Gasteiger partial charge in [-0.15, -0.1) is 20.4 Å². The highest BCUT2D eigenvalue weighted by atomic mass is 16.6. The van der Waals surface area contributed by atoms with E-state index in [4.69, 9.17) is 9.47 Å². The number of benzene rings is 1. The molecule has 2 rings (SSSR count). The largest absolute Gasteiger partial charge is 0.447 e. The number of carbonyl (C=O) groups excluding carboxylic acids is 3. The molecule has 12 heteroatoms. The average Bonchev–Trinajstić information content (AvgIpc) is 2.88. The van der Waals surface area contributed by atoms with E-state index in [1.807, 2.05) is 71.9 Å². The quantitative estimate of drug-likeness (QED) is 0.473. The summed E-state index contributed by atoms with van der Waals surface area (Å²) in [6.45, 7) is 13.2. The summed E-state index contributed by atoms with van der Waals surface area (Å²) in [6, 6.07) is 8.65. The van der Waals surface area contributed by atoms with Crippen molar-refractivity contribution in [3.63, 3.8) is 0 Å². The number of Topliss-reactive ketones (excluding diaryl/α,β-unsaturated/α-hetero) is 1. The zero-order valence-corrected chi connectivity index (χ0v) is 24.4. The molecule has 1 aromatic carbocycles. The Morgan fingerprint density at radius 1 is 0.872 bits per heavy atom. The second-order valence-corrected chi connectivity index (χ2v) is 11.5. The van der Waals surface area contributed by atoms with E-state index in [0.717, 1.165) is 5.56 Å². The van der Waals surface area contributed by atoms with Crippen LogP contribution in [0.2, 0.25) is 0 Å². The summed E-state index contributed by atoms with van der Waals surface area (Å²) in [5, 5.41) is 19.4. The molecule has 1 aromatic heterocycles. The number of carbonyl (C=O) groups is 3. The molecule has 2 amide bonds. The summed E-state index contributed by atoms with van der Waals surface area (Å²) in [4.78, 5) is 40.6. The zero-order chi connectivity index (χ0) is 29.4. The summed E-state index contributed by atoms with van der Waals surface area (Å²) in [5.74, 6) is 0.488. The molecule has 39 heavy (non-hydrogen) atoms. The predicted molar refractivity (Wildman–Crippen MR) is 146 cm³/mol. The third-order valence-electron chi connectivity index (χ3n) is 5.60. The third kappa shape index (κ3) is 10.2. The molecule has 214 valence electrons. The van der Waals surface area contributed by atoms with E-state index in [2.05, 4.69) is 25.7 Å². The van der Waals surface area contributed by atoms with Crippen LogP contribution < -0.4 is 5.32 Å². The summed E-state index contributed by atoms with van der Waals surface area (Å²) in [7, 11) is 3.11. The third-order valence-corrected chi connectivity index (χ3v) is 5.60. The highest BCUT2D eigenvalue weighted by Gasteiger charge is 2.33. The molecule has 2 atom stereocenters. The molecule has 0 aliphatic heterocycles. The fourth-order valence-corrected chi connectivity index (χ4v) is 3.37. The first-order valence-electron chi connectivity index (χ1n) is 12.8. The Balaban J connectivity index is 1.84. The number of nitrogens with one attached hydrogen (secondary N) is 1. The van der Waals surface area contributed by atoms with Crippen LogP contribution in [-0.4, -0.2) is 93.5 Å². The maximum atomic E-state index is 12.8. The molecule has 0 bridgehead atoms. The van der Waals surface area contributed by atoms with E-state index in [1.54, 1.807) is 21.0 Å². The molecule has 1 unspecified atom stereocenters. The number of amides is 2. The number of likely N-dealkylation sites (N-methyl/N-ethyl adjacent to an activating group) is 2. The van der Waals surface area contributed by atoms with Crippen molar-refractivity contribution in [2.24, 2.45) is 5.41 Å². The van der Waals surface area contributed by atoms with Crippen molar-refractivity contribution in [3.8, 4) is 11.4 Å². The van der Waals surface area contributed by atoms with Crippen molar-refractivity contribution in [2.45, 2.75) is 66.2 Å². The molecule has 0 aliphatic carbocycles. The lowest BCUT2D eigenvalue weighted by Crippen LogP contribution is -2.53. The van der Waals surface area contributed by atoms with E-state index >= 15 is 0 Å². The van der Waals surface area contributed by atoms with Crippen LogP contribution in [0.5, 0.6) is 0 Å². The van der Waals surface area contributed by atoms with Gasteiger partial charge in [-0.25, -0.2) is 9.59 Å². The van der Waals surface area contributed by atoms with Crippen LogP contribution in [-0.2, 0) is 14.3 Å². The molecular formula is C27H41N7O5. The summed E-state index contributed by atoms with van der Waals surface area (Å²) < 4.78 is 10.8. The van der Waals surface area contributed by atoms with Crippen LogP contribution >= 0.6 is 0 Å². The lowest BCUT2D eigenvalue weighted by Gasteiger charge is -2.31. The van der Waals surface area contributed by atoms with Crippen LogP contribution in [0.15, 0.2) is 30.3 Å². The molecule has 1 heterocycles. The molecule has 2 aromatic rings. The minimum Gasteiger partial charge on any atom is -0.447 e. The van der Waals surface area contributed by atoms with E-state index in [-0.39, 0.29) is 36.8 Å². The second-order valence-electron chi connectivity index (χ2n) is 11.5. The SMILES string of the molecule is CC(OC(=O)N(C)CCN(C)C(=O)OC[C@@H](NC(C)(C)C)C(=O)C(C)(C)C)c1nnc(-c2ccccc2)nn1. The Hall–Kier alpha value is -3.67. The summed E-state index contributed by atoms with van der Waals surface area (Å²) in [5.41, 5.74) is -0.161. The van der Waals surface area contributed by atoms with E-state index < -0.39 is 29.7 Å². The van der Waals surface area contributed by atoms with Crippen LogP contribution in [0.4, 0.5) is 9.59 Å². The maximum absolute atomic E-state index is 12.8. The van der Waals surface area contributed by atoms with Crippen molar-refractivity contribution in [2.75, 3.05) is 33.8 Å². The Kier molecular flexibility index (Phi) is 10.8. The number of ether oxygens (including phenoxy) is 2. The van der Waals surface area contributed by atoms with Crippen molar-refractivity contribution in [1.82, 2.24) is 35.5 Å². The summed E-state index contributed by atoms with van der Waals surface area (Å²) in [6.07, 6.45) is -2.00. The zero-order valence-electron chi connectivity index (χ0n) is 24.4. The minimum atomic E-state index is -0.778. The van der Waals surface area contributed by atoms with Gasteiger partial charge in [0.05, 0.1) is 0 Å². The fourth-order valence-electron chi connectivity index (χ4n) is 3.37. The number of rotatable bonds is 10. The molecular weight excluding hydrogens is 502 g/mol. The Morgan fingerprint density at radius 3 is 1.92 bits per heavy atom. The highest BCUT2D eigenvalue weighted by Crippen LogP contribution is 2.19. The standard InChI is InChI=1S/C27H41N7O5/c1-18(22-29-31-23(32-30-22)19-13-11-10-12-14-19)39-25(37)34(9)16-15-33(8)24(36)38-17-20(28-27(5,6)7)21(35)26(2,3)4/h10-14,18,20,28H,15-17H2,1-9H3/t18?,20-/m1/s1. The number of hydrogen-bond donors (Lipinski definition) is 1. The number of hydrogen-bond acceptors (Lipinski definition) is 10. The number of ketones is 1. The van der Waals surface area contributed by atoms with Gasteiger partial charge in [-0.05, 0) is 27.7 Å². The Morgan fingerprint density at radius 2 is 1.41 bits per heavy atom. The second kappa shape index (κ2) is 13.4. The van der Waals surface area contributed by atoms with E-state index in [0.29, 0.717) is 5.82 Å². The van der Waals surface area contributed by atoms with Gasteiger partial charge in [-0.2, -0.15) is 0 Å². The Labute approximate surface area is 230 Å². The first-order valence-corrected chi connectivity index (χ1v) is 12.8. The van der Waals surface area contributed by atoms with Gasteiger partial charge in [0.2, 0.25) is 11.6 Å². The lowest BCUT2D eigenvalue weighted by atomic mass is 9.86. The van der Waals surface area contributed by atoms with Gasteiger partial charge in [0.15, 0.2) is 11.9 Å². The van der Waals surface area contributed by atoms with Crippen LogP contribution in [0.3, 0.4) is 0 Å². The van der Waals surface area contributed by atoms with Gasteiger partial charge >= 0.3 is 12.2 Å². The van der Waals surface area contributed by atoms with Gasteiger partial charge in [0, 0.05) is 43.7 Å². The van der Waals surface area contributed by atoms with Crippen molar-refractivity contribution < 1.29 is 23.9 Å². The minimum absolute atomic E-state index is 0.0476. The molecule has 0 spiro atoms. The van der Waals surface area contributed by atoms with E-state index in [1.165, 1.54) is 9.80 Å². The van der Waals surface area contributed by atoms with Crippen molar-refractivity contribution in [3.05, 3.63) is 36.2 Å². The molecule has 1 N–H and O–H groups in total. The van der Waals surface area contributed by atoms with Crippen molar-refractivity contribution >= 4 is 18.0 Å². The lowest BCUT2D eigenvalue weighted by molar-refractivity contribution is -0.130. The smallest absolute Gasteiger partial charge is 0.410 e. The first-order chi connectivity index (χ1) is 18.1. The molecule has 0 aliphatic rings. The maximum Gasteiger partial charge on any atom is 0.410 e. The highest BCUT2D eigenvalue weighted by molar-refractivity contribution is 5.89. The van der Waals surface area contributed by atoms with Gasteiger partial charge in [-0.1, -0.05) is 51.1 Å². The topological polar surface area (TPSA) is 140 Å². The van der Waals surface area contributed by atoms with Gasteiger partial charge in [0.1, 0.15) is 12.6 Å². The Bertz CT molecular complexity index is 1100. The summed E-state index contributed by atoms with van der Waals surface area (Å²) >= 11 is 0. The van der Waals surface area contributed by atoms with E-state index in [9.17, 15) is 14.4 Å². The van der Waals surface area contributed by atoms with Crippen molar-refractivity contribution in [1.29, 1.82) is 0 Å². The fraction of sp³-hybridized carbons (Fsp3) is 0.593. The monoisotopic (exact) mass is 543 g/mol. The van der Waals surface area contributed by atoms with Gasteiger partial charge < -0.3 is 19.3 Å². The van der Waals surface area contributed by atoms with Crippen LogP contribution in [0.1, 0.15) is 60.4 Å². The van der Waals surface area contributed by atoms with Gasteiger partial charge in [0.25, 0.3) is 0 Å². The first kappa shape index (κ1) is 31.5. The average molecular weight is 544 g/mol.